The van der Waals surface area contributed by atoms with E-state index in [0.29, 0.717) is 23.9 Å². The van der Waals surface area contributed by atoms with Crippen molar-refractivity contribution in [3.05, 3.63) is 83.0 Å². The van der Waals surface area contributed by atoms with Gasteiger partial charge in [0.2, 0.25) is 11.8 Å². The number of rotatable bonds is 6. The Hall–Kier alpha value is -3.45. The summed E-state index contributed by atoms with van der Waals surface area (Å²) >= 11 is 6.22. The fourth-order valence-electron chi connectivity index (χ4n) is 5.11. The number of hydrogen-bond acceptors (Lipinski definition) is 5. The molecule has 2 aliphatic heterocycles. The van der Waals surface area contributed by atoms with Gasteiger partial charge in [-0.05, 0) is 66.6 Å². The maximum Gasteiger partial charge on any atom is 0.229 e. The Kier molecular flexibility index (Phi) is 7.47. The van der Waals surface area contributed by atoms with Gasteiger partial charge in [-0.25, -0.2) is 0 Å². The third-order valence-corrected chi connectivity index (χ3v) is 7.61. The summed E-state index contributed by atoms with van der Waals surface area (Å²) in [5, 5.41) is 11.8. The molecule has 1 N–H and O–H groups in total. The predicted octanol–water partition coefficient (Wildman–Crippen LogP) is 4.54. The number of halogens is 1. The van der Waals surface area contributed by atoms with Crippen molar-refractivity contribution in [3.8, 4) is 0 Å². The summed E-state index contributed by atoms with van der Waals surface area (Å²) < 4.78 is 0. The maximum atomic E-state index is 12.8. The van der Waals surface area contributed by atoms with E-state index in [0.717, 1.165) is 56.0 Å². The third-order valence-electron chi connectivity index (χ3n) is 7.24. The number of hydrogen-bond donors (Lipinski definition) is 1. The number of carbonyl (C=O) groups excluding carboxylic acids is 2. The molecule has 1 unspecified atom stereocenters. The fraction of sp³-hybridized carbons (Fsp3) is 0.357. The molecule has 0 saturated carbocycles. The van der Waals surface area contributed by atoms with Crippen LogP contribution in [-0.4, -0.2) is 53.1 Å². The van der Waals surface area contributed by atoms with E-state index in [2.05, 4.69) is 32.5 Å². The number of aromatic nitrogens is 2. The molecule has 2 aliphatic rings. The molecule has 1 atom stereocenters. The van der Waals surface area contributed by atoms with Gasteiger partial charge < -0.3 is 15.1 Å². The summed E-state index contributed by atoms with van der Waals surface area (Å²) in [6, 6.07) is 19.5. The van der Waals surface area contributed by atoms with Gasteiger partial charge in [0.15, 0.2) is 5.82 Å². The maximum absolute atomic E-state index is 12.8. The normalized spacial score (nSPS) is 18.3. The Labute approximate surface area is 216 Å². The molecule has 0 aliphatic carbocycles. The summed E-state index contributed by atoms with van der Waals surface area (Å²) in [7, 11) is 0. The van der Waals surface area contributed by atoms with Crippen molar-refractivity contribution in [1.82, 2.24) is 15.1 Å². The van der Waals surface area contributed by atoms with Crippen molar-refractivity contribution in [3.63, 3.8) is 0 Å². The lowest BCUT2D eigenvalue weighted by molar-refractivity contribution is -0.131. The minimum atomic E-state index is -0.0701. The summed E-state index contributed by atoms with van der Waals surface area (Å²) in [5.74, 6) is 1.33. The largest absolute Gasteiger partial charge is 0.354 e. The first kappa shape index (κ1) is 24.3. The molecule has 36 heavy (non-hydrogen) atoms. The number of piperidine rings is 1. The highest BCUT2D eigenvalue weighted by molar-refractivity contribution is 6.31. The zero-order valence-corrected chi connectivity index (χ0v) is 20.9. The Balaban J connectivity index is 1.10. The van der Waals surface area contributed by atoms with Crippen LogP contribution in [0, 0.1) is 5.92 Å². The standard InChI is InChI=1S/C28H30ClN5O2/c29-25-5-2-1-4-22(25)18-27(35)33-15-11-21(12-16-33)20-7-9-24(10-8-20)31-28(36)23-13-17-34(19-23)26-6-3-14-30-32-26/h1-10,14,21,23H,11-13,15-19H2,(H,31,36). The van der Waals surface area contributed by atoms with Crippen molar-refractivity contribution >= 4 is 34.9 Å². The molecule has 2 amide bonds. The first-order valence-electron chi connectivity index (χ1n) is 12.5. The quantitative estimate of drug-likeness (QED) is 0.534. The van der Waals surface area contributed by atoms with Crippen LogP contribution in [0.3, 0.4) is 0 Å². The summed E-state index contributed by atoms with van der Waals surface area (Å²) in [5.41, 5.74) is 2.94. The van der Waals surface area contributed by atoms with Crippen molar-refractivity contribution in [1.29, 1.82) is 0 Å². The minimum absolute atomic E-state index is 0.0412. The zero-order chi connectivity index (χ0) is 24.9. The molecule has 0 bridgehead atoms. The van der Waals surface area contributed by atoms with Gasteiger partial charge in [0.25, 0.3) is 0 Å². The highest BCUT2D eigenvalue weighted by Gasteiger charge is 2.29. The number of amides is 2. The molecule has 0 spiro atoms. The van der Waals surface area contributed by atoms with E-state index in [1.807, 2.05) is 53.4 Å². The van der Waals surface area contributed by atoms with E-state index in [1.54, 1.807) is 6.20 Å². The molecule has 8 heteroatoms. The van der Waals surface area contributed by atoms with E-state index in [9.17, 15) is 9.59 Å². The van der Waals surface area contributed by atoms with Crippen LogP contribution in [0.25, 0.3) is 0 Å². The average Bonchev–Trinajstić information content (AvgIpc) is 3.42. The van der Waals surface area contributed by atoms with Gasteiger partial charge in [-0.3, -0.25) is 9.59 Å². The topological polar surface area (TPSA) is 78.4 Å². The van der Waals surface area contributed by atoms with Crippen LogP contribution in [0.2, 0.25) is 5.02 Å². The SMILES string of the molecule is O=C(Nc1ccc(C2CCN(C(=O)Cc3ccccc3Cl)CC2)cc1)C1CCN(c2cccnn2)C1. The molecule has 3 aromatic rings. The van der Waals surface area contributed by atoms with Gasteiger partial charge in [0, 0.05) is 43.1 Å². The van der Waals surface area contributed by atoms with E-state index < -0.39 is 0 Å². The molecule has 2 fully saturated rings. The lowest BCUT2D eigenvalue weighted by Gasteiger charge is -2.32. The lowest BCUT2D eigenvalue weighted by Crippen LogP contribution is -2.38. The molecule has 2 aromatic carbocycles. The predicted molar refractivity (Wildman–Crippen MR) is 141 cm³/mol. The molecule has 1 aromatic heterocycles. The van der Waals surface area contributed by atoms with Crippen LogP contribution in [-0.2, 0) is 16.0 Å². The Morgan fingerprint density at radius 3 is 2.44 bits per heavy atom. The fourth-order valence-corrected chi connectivity index (χ4v) is 5.31. The second-order valence-corrected chi connectivity index (χ2v) is 9.96. The molecule has 5 rings (SSSR count). The molecule has 0 radical (unpaired) electrons. The highest BCUT2D eigenvalue weighted by Crippen LogP contribution is 2.30. The van der Waals surface area contributed by atoms with E-state index >= 15 is 0 Å². The van der Waals surface area contributed by atoms with Crippen LogP contribution >= 0.6 is 11.6 Å². The van der Waals surface area contributed by atoms with Crippen molar-refractivity contribution in [2.75, 3.05) is 36.4 Å². The average molecular weight is 504 g/mol. The Bertz CT molecular complexity index is 1200. The first-order chi connectivity index (χ1) is 17.6. The van der Waals surface area contributed by atoms with Gasteiger partial charge in [-0.1, -0.05) is 41.9 Å². The molecule has 7 nitrogen and oxygen atoms in total. The highest BCUT2D eigenvalue weighted by atomic mass is 35.5. The number of nitrogens with zero attached hydrogens (tertiary/aromatic N) is 4. The molecular formula is C28H30ClN5O2. The van der Waals surface area contributed by atoms with Crippen LogP contribution in [0.4, 0.5) is 11.5 Å². The van der Waals surface area contributed by atoms with Crippen LogP contribution in [0.1, 0.15) is 36.3 Å². The number of nitrogens with one attached hydrogen (secondary N) is 1. The second kappa shape index (κ2) is 11.1. The van der Waals surface area contributed by atoms with Gasteiger partial charge in [0.1, 0.15) is 0 Å². The molecule has 186 valence electrons. The van der Waals surface area contributed by atoms with Gasteiger partial charge >= 0.3 is 0 Å². The number of anilines is 2. The smallest absolute Gasteiger partial charge is 0.229 e. The second-order valence-electron chi connectivity index (χ2n) is 9.55. The zero-order valence-electron chi connectivity index (χ0n) is 20.1. The minimum Gasteiger partial charge on any atom is -0.354 e. The van der Waals surface area contributed by atoms with Crippen LogP contribution in [0.5, 0.6) is 0 Å². The Morgan fingerprint density at radius 2 is 1.72 bits per heavy atom. The third kappa shape index (κ3) is 5.68. The van der Waals surface area contributed by atoms with Crippen LogP contribution in [0.15, 0.2) is 66.9 Å². The van der Waals surface area contributed by atoms with Gasteiger partial charge in [0.05, 0.1) is 12.3 Å². The summed E-state index contributed by atoms with van der Waals surface area (Å²) in [4.78, 5) is 29.6. The summed E-state index contributed by atoms with van der Waals surface area (Å²) in [6.45, 7) is 2.94. The van der Waals surface area contributed by atoms with E-state index in [-0.39, 0.29) is 17.7 Å². The Morgan fingerprint density at radius 1 is 0.944 bits per heavy atom. The monoisotopic (exact) mass is 503 g/mol. The number of benzene rings is 2. The van der Waals surface area contributed by atoms with Crippen LogP contribution < -0.4 is 10.2 Å². The molecule has 2 saturated heterocycles. The van der Waals surface area contributed by atoms with Gasteiger partial charge in [-0.15, -0.1) is 5.10 Å². The van der Waals surface area contributed by atoms with Crippen molar-refractivity contribution < 1.29 is 9.59 Å². The summed E-state index contributed by atoms with van der Waals surface area (Å²) in [6.07, 6.45) is 4.66. The van der Waals surface area contributed by atoms with Gasteiger partial charge in [-0.2, -0.15) is 5.10 Å². The first-order valence-corrected chi connectivity index (χ1v) is 12.9. The molecular weight excluding hydrogens is 474 g/mol. The lowest BCUT2D eigenvalue weighted by atomic mass is 9.89. The van der Waals surface area contributed by atoms with E-state index in [1.165, 1.54) is 5.56 Å². The number of likely N-dealkylation sites (tertiary alicyclic amines) is 1. The van der Waals surface area contributed by atoms with E-state index in [4.69, 9.17) is 11.6 Å². The van der Waals surface area contributed by atoms with Crippen molar-refractivity contribution in [2.45, 2.75) is 31.6 Å². The number of carbonyl (C=O) groups is 2. The molecule has 3 heterocycles. The van der Waals surface area contributed by atoms with Crippen molar-refractivity contribution in [2.24, 2.45) is 5.92 Å².